The van der Waals surface area contributed by atoms with Crippen molar-refractivity contribution < 1.29 is 4.39 Å². The molecule has 0 atom stereocenters. The molecule has 0 heterocycles. The molecule has 2 aromatic carbocycles. The lowest BCUT2D eigenvalue weighted by Crippen LogP contribution is -2.17. The molecule has 2 rings (SSSR count). The zero-order valence-electron chi connectivity index (χ0n) is 14.5. The Hall–Kier alpha value is -2.36. The molecule has 0 amide bonds. The maximum atomic E-state index is 13.3. The number of hydrogen-bond donors (Lipinski definition) is 0. The van der Waals surface area contributed by atoms with Crippen LogP contribution in [0.3, 0.4) is 0 Å². The van der Waals surface area contributed by atoms with Gasteiger partial charge in [-0.1, -0.05) is 12.1 Å². The van der Waals surface area contributed by atoms with Gasteiger partial charge in [0.25, 0.3) is 0 Å². The van der Waals surface area contributed by atoms with Crippen LogP contribution in [0.25, 0.3) is 0 Å². The summed E-state index contributed by atoms with van der Waals surface area (Å²) in [6, 6.07) is 11.0. The summed E-state index contributed by atoms with van der Waals surface area (Å²) in [7, 11) is 5.93. The average molecular weight is 313 g/mol. The summed E-state index contributed by atoms with van der Waals surface area (Å²) in [5, 5.41) is 0. The third-order valence-corrected chi connectivity index (χ3v) is 3.66. The third-order valence-electron chi connectivity index (χ3n) is 3.66. The average Bonchev–Trinajstić information content (AvgIpc) is 2.47. The summed E-state index contributed by atoms with van der Waals surface area (Å²) in [6.45, 7) is 4.80. The van der Waals surface area contributed by atoms with E-state index >= 15 is 0 Å². The second-order valence-corrected chi connectivity index (χ2v) is 6.12. The predicted molar refractivity (Wildman–Crippen MR) is 96.3 cm³/mol. The Bertz CT molecular complexity index is 708. The van der Waals surface area contributed by atoms with Crippen LogP contribution in [-0.2, 0) is 6.54 Å². The van der Waals surface area contributed by atoms with Gasteiger partial charge < -0.3 is 9.80 Å². The number of aryl methyl sites for hydroxylation is 2. The van der Waals surface area contributed by atoms with E-state index in [0.29, 0.717) is 6.54 Å². The zero-order chi connectivity index (χ0) is 17.0. The highest BCUT2D eigenvalue weighted by Crippen LogP contribution is 2.29. The minimum absolute atomic E-state index is 0.197. The van der Waals surface area contributed by atoms with Crippen LogP contribution in [-0.4, -0.2) is 32.4 Å². The molecule has 0 unspecified atom stereocenters. The summed E-state index contributed by atoms with van der Waals surface area (Å²) in [5.41, 5.74) is 5.34. The molecule has 0 fully saturated rings. The molecular formula is C19H24FN3. The molecule has 4 heteroatoms. The van der Waals surface area contributed by atoms with Gasteiger partial charge in [-0.2, -0.15) is 0 Å². The van der Waals surface area contributed by atoms with Crippen molar-refractivity contribution in [3.05, 3.63) is 58.9 Å². The van der Waals surface area contributed by atoms with Crippen LogP contribution in [0.1, 0.15) is 16.7 Å². The minimum atomic E-state index is -0.197. The van der Waals surface area contributed by atoms with Gasteiger partial charge in [0.1, 0.15) is 5.82 Å². The summed E-state index contributed by atoms with van der Waals surface area (Å²) in [5.74, 6) is -0.197. The molecule has 0 N–H and O–H groups in total. The topological polar surface area (TPSA) is 18.8 Å². The van der Waals surface area contributed by atoms with Crippen LogP contribution in [0, 0.1) is 19.7 Å². The molecule has 0 radical (unpaired) electrons. The van der Waals surface area contributed by atoms with Crippen molar-refractivity contribution in [1.29, 1.82) is 0 Å². The molecule has 0 aliphatic heterocycles. The van der Waals surface area contributed by atoms with Gasteiger partial charge >= 0.3 is 0 Å². The number of anilines is 1. The van der Waals surface area contributed by atoms with Gasteiger partial charge in [0.05, 0.1) is 12.0 Å². The molecule has 0 spiro atoms. The highest BCUT2D eigenvalue weighted by atomic mass is 19.1. The number of rotatable bonds is 5. The molecular weight excluding hydrogens is 289 g/mol. The van der Waals surface area contributed by atoms with E-state index in [4.69, 9.17) is 0 Å². The Morgan fingerprint density at radius 2 is 1.78 bits per heavy atom. The molecule has 3 nitrogen and oxygen atoms in total. The van der Waals surface area contributed by atoms with Gasteiger partial charge in [0.15, 0.2) is 0 Å². The second kappa shape index (κ2) is 7.27. The first-order chi connectivity index (χ1) is 10.9. The number of nitrogens with zero attached hydrogens (tertiary/aromatic N) is 3. The molecule has 0 aliphatic rings. The van der Waals surface area contributed by atoms with Gasteiger partial charge in [0.2, 0.25) is 0 Å². The van der Waals surface area contributed by atoms with Gasteiger partial charge in [-0.3, -0.25) is 0 Å². The highest BCUT2D eigenvalue weighted by Gasteiger charge is 2.09. The Kier molecular flexibility index (Phi) is 5.37. The van der Waals surface area contributed by atoms with Crippen molar-refractivity contribution in [2.24, 2.45) is 4.99 Å². The summed E-state index contributed by atoms with van der Waals surface area (Å²) in [4.78, 5) is 8.55. The largest absolute Gasteiger partial charge is 0.370 e. The lowest BCUT2D eigenvalue weighted by Gasteiger charge is -2.23. The SMILES string of the molecule is Cc1cc(N(C)Cc2cccc(F)c2)c(C)cc1/N=C\N(C)C. The molecule has 122 valence electrons. The Labute approximate surface area is 138 Å². The van der Waals surface area contributed by atoms with E-state index in [1.807, 2.05) is 32.1 Å². The molecule has 0 saturated heterocycles. The van der Waals surface area contributed by atoms with Crippen molar-refractivity contribution in [2.75, 3.05) is 26.0 Å². The van der Waals surface area contributed by atoms with Crippen molar-refractivity contribution in [3.8, 4) is 0 Å². The van der Waals surface area contributed by atoms with Crippen molar-refractivity contribution in [2.45, 2.75) is 20.4 Å². The van der Waals surface area contributed by atoms with Gasteiger partial charge in [-0.05, 0) is 54.8 Å². The summed E-state index contributed by atoms with van der Waals surface area (Å²) < 4.78 is 13.3. The first-order valence-corrected chi connectivity index (χ1v) is 7.64. The highest BCUT2D eigenvalue weighted by molar-refractivity contribution is 5.67. The lowest BCUT2D eigenvalue weighted by molar-refractivity contribution is 0.625. The summed E-state index contributed by atoms with van der Waals surface area (Å²) in [6.07, 6.45) is 1.80. The third kappa shape index (κ3) is 4.55. The fraction of sp³-hybridized carbons (Fsp3) is 0.316. The number of benzene rings is 2. The van der Waals surface area contributed by atoms with E-state index in [0.717, 1.165) is 28.1 Å². The van der Waals surface area contributed by atoms with Crippen molar-refractivity contribution >= 4 is 17.7 Å². The van der Waals surface area contributed by atoms with Gasteiger partial charge in [-0.25, -0.2) is 9.38 Å². The van der Waals surface area contributed by atoms with E-state index in [1.54, 1.807) is 18.5 Å². The Morgan fingerprint density at radius 1 is 1.04 bits per heavy atom. The van der Waals surface area contributed by atoms with E-state index in [9.17, 15) is 4.39 Å². The first kappa shape index (κ1) is 17.0. The monoisotopic (exact) mass is 313 g/mol. The number of halogens is 1. The molecule has 0 aliphatic carbocycles. The van der Waals surface area contributed by atoms with Crippen LogP contribution in [0.5, 0.6) is 0 Å². The Balaban J connectivity index is 2.24. The number of hydrogen-bond acceptors (Lipinski definition) is 2. The fourth-order valence-corrected chi connectivity index (χ4v) is 2.51. The second-order valence-electron chi connectivity index (χ2n) is 6.12. The van der Waals surface area contributed by atoms with Gasteiger partial charge in [-0.15, -0.1) is 0 Å². The van der Waals surface area contributed by atoms with Crippen LogP contribution in [0.4, 0.5) is 15.8 Å². The van der Waals surface area contributed by atoms with E-state index in [2.05, 4.69) is 35.9 Å². The summed E-state index contributed by atoms with van der Waals surface area (Å²) >= 11 is 0. The van der Waals surface area contributed by atoms with E-state index in [-0.39, 0.29) is 5.82 Å². The van der Waals surface area contributed by atoms with Crippen molar-refractivity contribution in [3.63, 3.8) is 0 Å². The van der Waals surface area contributed by atoms with E-state index in [1.165, 1.54) is 6.07 Å². The fourth-order valence-electron chi connectivity index (χ4n) is 2.51. The smallest absolute Gasteiger partial charge is 0.123 e. The van der Waals surface area contributed by atoms with Crippen LogP contribution in [0.15, 0.2) is 41.4 Å². The Morgan fingerprint density at radius 3 is 2.43 bits per heavy atom. The minimum Gasteiger partial charge on any atom is -0.370 e. The quantitative estimate of drug-likeness (QED) is 0.605. The normalized spacial score (nSPS) is 11.0. The van der Waals surface area contributed by atoms with Gasteiger partial charge in [0, 0.05) is 33.4 Å². The zero-order valence-corrected chi connectivity index (χ0v) is 14.5. The molecule has 0 saturated carbocycles. The molecule has 0 aromatic heterocycles. The lowest BCUT2D eigenvalue weighted by atomic mass is 10.1. The predicted octanol–water partition coefficient (Wildman–Crippen LogP) is 4.30. The molecule has 2 aromatic rings. The van der Waals surface area contributed by atoms with E-state index < -0.39 is 0 Å². The standard InChI is InChI=1S/C19H24FN3/c1-14-10-19(15(2)9-18(14)21-13-22(3)4)23(5)12-16-7-6-8-17(20)11-16/h6-11,13H,12H2,1-5H3/b21-13-. The molecule has 0 bridgehead atoms. The maximum absolute atomic E-state index is 13.3. The molecule has 23 heavy (non-hydrogen) atoms. The van der Waals surface area contributed by atoms with Crippen LogP contribution in [0.2, 0.25) is 0 Å². The van der Waals surface area contributed by atoms with Crippen molar-refractivity contribution in [1.82, 2.24) is 4.90 Å². The first-order valence-electron chi connectivity index (χ1n) is 7.64. The van der Waals surface area contributed by atoms with Crippen LogP contribution >= 0.6 is 0 Å². The number of aliphatic imine (C=N–C) groups is 1. The van der Waals surface area contributed by atoms with Crippen LogP contribution < -0.4 is 4.90 Å². The maximum Gasteiger partial charge on any atom is 0.123 e.